The largest absolute Gasteiger partial charge is 0.341 e. The average molecular weight is 451 g/mol. The molecule has 0 aliphatic heterocycles. The fourth-order valence-electron chi connectivity index (χ4n) is 3.88. The third-order valence-electron chi connectivity index (χ3n) is 5.65. The summed E-state index contributed by atoms with van der Waals surface area (Å²) in [6.45, 7) is 2.98. The molecular formula is C24H26N4O3S. The quantitative estimate of drug-likeness (QED) is 0.476. The topological polar surface area (TPSA) is 74.6 Å². The molecule has 1 heterocycles. The summed E-state index contributed by atoms with van der Waals surface area (Å²) >= 11 is 0. The van der Waals surface area contributed by atoms with Crippen LogP contribution in [0.4, 0.5) is 11.4 Å². The van der Waals surface area contributed by atoms with Crippen molar-refractivity contribution in [3.8, 4) is 0 Å². The molecule has 8 heteroatoms. The van der Waals surface area contributed by atoms with Crippen LogP contribution in [0.2, 0.25) is 0 Å². The molecule has 0 radical (unpaired) electrons. The maximum atomic E-state index is 12.8. The fraction of sp³-hybridized carbons (Fsp3) is 0.208. The predicted octanol–water partition coefficient (Wildman–Crippen LogP) is 4.31. The molecule has 0 aliphatic rings. The van der Waals surface area contributed by atoms with Crippen molar-refractivity contribution in [2.75, 3.05) is 30.8 Å². The molecule has 0 saturated heterocycles. The fourth-order valence-corrected chi connectivity index (χ4v) is 4.75. The molecule has 4 rings (SSSR count). The first kappa shape index (κ1) is 21.9. The molecule has 1 aromatic heterocycles. The third kappa shape index (κ3) is 3.72. The summed E-state index contributed by atoms with van der Waals surface area (Å²) in [5.41, 5.74) is 3.92. The number of aryl methyl sites for hydroxylation is 1. The van der Waals surface area contributed by atoms with E-state index in [1.54, 1.807) is 24.3 Å². The molecule has 0 fully saturated rings. The van der Waals surface area contributed by atoms with Crippen molar-refractivity contribution in [1.29, 1.82) is 0 Å². The van der Waals surface area contributed by atoms with Crippen LogP contribution < -0.4 is 9.62 Å². The van der Waals surface area contributed by atoms with Crippen molar-refractivity contribution in [2.45, 2.75) is 13.5 Å². The Balaban J connectivity index is 1.60. The van der Waals surface area contributed by atoms with Crippen molar-refractivity contribution in [3.63, 3.8) is 0 Å². The first-order valence-electron chi connectivity index (χ1n) is 10.3. The van der Waals surface area contributed by atoms with Gasteiger partial charge in [-0.3, -0.25) is 9.10 Å². The van der Waals surface area contributed by atoms with Crippen molar-refractivity contribution < 1.29 is 13.2 Å². The van der Waals surface area contributed by atoms with Crippen LogP contribution in [-0.4, -0.2) is 44.3 Å². The van der Waals surface area contributed by atoms with Crippen LogP contribution in [0.25, 0.3) is 21.8 Å². The molecule has 1 amide bonds. The zero-order chi connectivity index (χ0) is 23.0. The lowest BCUT2D eigenvalue weighted by atomic mass is 10.1. The Morgan fingerprint density at radius 2 is 1.56 bits per heavy atom. The van der Waals surface area contributed by atoms with E-state index in [0.29, 0.717) is 16.9 Å². The molecule has 0 bridgehead atoms. The second kappa shape index (κ2) is 8.29. The monoisotopic (exact) mass is 450 g/mol. The van der Waals surface area contributed by atoms with Crippen LogP contribution in [0.5, 0.6) is 0 Å². The number of amides is 1. The van der Waals surface area contributed by atoms with Gasteiger partial charge in [-0.05, 0) is 55.5 Å². The number of fused-ring (bicyclic) bond motifs is 3. The van der Waals surface area contributed by atoms with Crippen LogP contribution in [0.15, 0.2) is 66.7 Å². The number of hydrogen-bond donors (Lipinski definition) is 1. The molecule has 3 aromatic carbocycles. The van der Waals surface area contributed by atoms with Crippen LogP contribution in [-0.2, 0) is 16.8 Å². The number of para-hydroxylation sites is 1. The van der Waals surface area contributed by atoms with Crippen LogP contribution in [0.3, 0.4) is 0 Å². The van der Waals surface area contributed by atoms with E-state index >= 15 is 0 Å². The highest BCUT2D eigenvalue weighted by Gasteiger charge is 2.21. The van der Waals surface area contributed by atoms with Gasteiger partial charge in [-0.15, -0.1) is 0 Å². The van der Waals surface area contributed by atoms with Crippen LogP contribution in [0, 0.1) is 0 Å². The van der Waals surface area contributed by atoms with Crippen LogP contribution >= 0.6 is 0 Å². The number of carbonyl (C=O) groups excluding carboxylic acids is 1. The molecular weight excluding hydrogens is 424 g/mol. The summed E-state index contributed by atoms with van der Waals surface area (Å²) in [5.74, 6) is -0.256. The molecule has 7 nitrogen and oxygen atoms in total. The molecule has 4 aromatic rings. The highest BCUT2D eigenvalue weighted by molar-refractivity contribution is 7.90. The number of hydrogen-bond acceptors (Lipinski definition) is 3. The maximum Gasteiger partial charge on any atom is 0.303 e. The summed E-state index contributed by atoms with van der Waals surface area (Å²) in [7, 11) is 0.841. The molecule has 1 N–H and O–H groups in total. The third-order valence-corrected chi connectivity index (χ3v) is 7.47. The maximum absolute atomic E-state index is 12.8. The normalized spacial score (nSPS) is 11.9. The van der Waals surface area contributed by atoms with E-state index in [-0.39, 0.29) is 5.91 Å². The Labute approximate surface area is 188 Å². The van der Waals surface area contributed by atoms with Crippen molar-refractivity contribution in [3.05, 3.63) is 72.3 Å². The minimum Gasteiger partial charge on any atom is -0.341 e. The number of nitrogens with one attached hydrogen (secondary N) is 1. The summed E-state index contributed by atoms with van der Waals surface area (Å²) in [6.07, 6.45) is 0. The number of rotatable bonds is 6. The van der Waals surface area contributed by atoms with E-state index in [1.807, 2.05) is 30.3 Å². The van der Waals surface area contributed by atoms with E-state index in [4.69, 9.17) is 0 Å². The lowest BCUT2D eigenvalue weighted by Gasteiger charge is -2.23. The van der Waals surface area contributed by atoms with Gasteiger partial charge in [-0.1, -0.05) is 18.2 Å². The predicted molar refractivity (Wildman–Crippen MR) is 131 cm³/mol. The molecule has 0 unspecified atom stereocenters. The summed E-state index contributed by atoms with van der Waals surface area (Å²) in [6, 6.07) is 20.6. The number of carbonyl (C=O) groups is 1. The van der Waals surface area contributed by atoms with Gasteiger partial charge in [0.2, 0.25) is 0 Å². The molecule has 0 aliphatic carbocycles. The van der Waals surface area contributed by atoms with Gasteiger partial charge in [0.15, 0.2) is 0 Å². The Kier molecular flexibility index (Phi) is 5.66. The van der Waals surface area contributed by atoms with Crippen molar-refractivity contribution in [2.24, 2.45) is 0 Å². The number of nitrogens with zero attached hydrogens (tertiary/aromatic N) is 3. The lowest BCUT2D eigenvalue weighted by Crippen LogP contribution is -2.37. The highest BCUT2D eigenvalue weighted by Crippen LogP contribution is 2.31. The van der Waals surface area contributed by atoms with E-state index in [9.17, 15) is 13.2 Å². The van der Waals surface area contributed by atoms with E-state index < -0.39 is 10.2 Å². The number of benzene rings is 3. The second-order valence-electron chi connectivity index (χ2n) is 7.75. The van der Waals surface area contributed by atoms with Gasteiger partial charge in [0.25, 0.3) is 5.91 Å². The second-order valence-corrected chi connectivity index (χ2v) is 9.93. The Bertz CT molecular complexity index is 1410. The average Bonchev–Trinajstić information content (AvgIpc) is 3.11. The number of anilines is 2. The molecule has 0 saturated carbocycles. The van der Waals surface area contributed by atoms with Crippen LogP contribution in [0.1, 0.15) is 17.3 Å². The van der Waals surface area contributed by atoms with E-state index in [0.717, 1.165) is 27.1 Å². The summed E-state index contributed by atoms with van der Waals surface area (Å²) < 4.78 is 29.1. The zero-order valence-corrected chi connectivity index (χ0v) is 19.3. The van der Waals surface area contributed by atoms with Gasteiger partial charge < -0.3 is 9.88 Å². The van der Waals surface area contributed by atoms with Gasteiger partial charge >= 0.3 is 10.2 Å². The van der Waals surface area contributed by atoms with E-state index in [1.165, 1.54) is 31.0 Å². The number of aromatic nitrogens is 1. The first-order chi connectivity index (χ1) is 15.2. The minimum absolute atomic E-state index is 0.256. The zero-order valence-electron chi connectivity index (χ0n) is 18.5. The summed E-state index contributed by atoms with van der Waals surface area (Å²) in [5, 5.41) is 5.19. The summed E-state index contributed by atoms with van der Waals surface area (Å²) in [4.78, 5) is 12.8. The standard InChI is InChI=1S/C24H26N4O3S/c1-5-28-22-9-7-6-8-20(22)21-16-18(12-15-23(21)28)25-24(29)17-10-13-19(14-11-17)27(4)32(30,31)26(2)3/h6-16H,5H2,1-4H3,(H,25,29). The first-order valence-corrected chi connectivity index (χ1v) is 11.7. The Morgan fingerprint density at radius 3 is 2.22 bits per heavy atom. The van der Waals surface area contributed by atoms with Gasteiger partial charge in [0.1, 0.15) is 0 Å². The molecule has 0 spiro atoms. The minimum atomic E-state index is -3.59. The highest BCUT2D eigenvalue weighted by atomic mass is 32.2. The Hall–Kier alpha value is -3.36. The van der Waals surface area contributed by atoms with E-state index in [2.05, 4.69) is 28.9 Å². The SMILES string of the molecule is CCn1c2ccccc2c2cc(NC(=O)c3ccc(N(C)S(=O)(=O)N(C)C)cc3)ccc21. The molecule has 32 heavy (non-hydrogen) atoms. The Morgan fingerprint density at radius 1 is 0.906 bits per heavy atom. The smallest absolute Gasteiger partial charge is 0.303 e. The molecule has 0 atom stereocenters. The van der Waals surface area contributed by atoms with Gasteiger partial charge in [0, 0.05) is 60.7 Å². The van der Waals surface area contributed by atoms with Gasteiger partial charge in [-0.25, -0.2) is 0 Å². The van der Waals surface area contributed by atoms with Gasteiger partial charge in [-0.2, -0.15) is 12.7 Å². The molecule has 166 valence electrons. The van der Waals surface area contributed by atoms with Gasteiger partial charge in [0.05, 0.1) is 5.69 Å². The van der Waals surface area contributed by atoms with Crippen molar-refractivity contribution >= 4 is 49.3 Å². The lowest BCUT2D eigenvalue weighted by molar-refractivity contribution is 0.102. The van der Waals surface area contributed by atoms with Crippen molar-refractivity contribution in [1.82, 2.24) is 8.87 Å².